The van der Waals surface area contributed by atoms with Crippen LogP contribution in [0.2, 0.25) is 0 Å². The second-order valence-corrected chi connectivity index (χ2v) is 5.15. The van der Waals surface area contributed by atoms with Gasteiger partial charge in [0.25, 0.3) is 0 Å². The third-order valence-corrected chi connectivity index (χ3v) is 3.44. The van der Waals surface area contributed by atoms with Crippen molar-refractivity contribution in [2.24, 2.45) is 5.16 Å². The normalized spacial score (nSPS) is 18.0. The van der Waals surface area contributed by atoms with Gasteiger partial charge in [0.1, 0.15) is 17.6 Å². The average Bonchev–Trinajstić information content (AvgIpc) is 2.59. The second-order valence-electron chi connectivity index (χ2n) is 5.15. The summed E-state index contributed by atoms with van der Waals surface area (Å²) in [5.41, 5.74) is 1.81. The molecule has 1 aromatic heterocycles. The number of pyridine rings is 1. The largest absolute Gasteiger partial charge is 0.497 e. The molecule has 0 radical (unpaired) electrons. The predicted octanol–water partition coefficient (Wildman–Crippen LogP) is 2.82. The van der Waals surface area contributed by atoms with Gasteiger partial charge >= 0.3 is 5.97 Å². The smallest absolute Gasteiger partial charge is 0.367 e. The van der Waals surface area contributed by atoms with Crippen LogP contribution in [0.3, 0.4) is 0 Å². The fourth-order valence-electron chi connectivity index (χ4n) is 2.33. The van der Waals surface area contributed by atoms with Crippen LogP contribution in [-0.2, 0) is 4.84 Å². The van der Waals surface area contributed by atoms with E-state index >= 15 is 0 Å². The van der Waals surface area contributed by atoms with Gasteiger partial charge in [-0.15, -0.1) is 0 Å². The van der Waals surface area contributed by atoms with Crippen molar-refractivity contribution in [2.75, 3.05) is 7.11 Å². The van der Waals surface area contributed by atoms with E-state index in [9.17, 15) is 4.79 Å². The van der Waals surface area contributed by atoms with Crippen LogP contribution in [0.5, 0.6) is 11.5 Å². The summed E-state index contributed by atoms with van der Waals surface area (Å²) in [6.45, 7) is 1.93. The summed E-state index contributed by atoms with van der Waals surface area (Å²) in [4.78, 5) is 20.9. The quantitative estimate of drug-likeness (QED) is 0.644. The van der Waals surface area contributed by atoms with Crippen molar-refractivity contribution in [3.63, 3.8) is 0 Å². The molecule has 0 amide bonds. The number of oxime groups is 1. The van der Waals surface area contributed by atoms with E-state index in [1.807, 2.05) is 19.1 Å². The first-order valence-corrected chi connectivity index (χ1v) is 7.20. The number of hydrogen-bond acceptors (Lipinski definition) is 6. The van der Waals surface area contributed by atoms with Crippen molar-refractivity contribution >= 4 is 11.7 Å². The monoisotopic (exact) mass is 312 g/mol. The molecule has 0 unspecified atom stereocenters. The summed E-state index contributed by atoms with van der Waals surface area (Å²) in [6, 6.07) is 8.75. The molecular formula is C17H16N2O4. The number of benzene rings is 1. The van der Waals surface area contributed by atoms with Crippen LogP contribution in [-0.4, -0.2) is 29.9 Å². The van der Waals surface area contributed by atoms with Gasteiger partial charge in [0.05, 0.1) is 18.4 Å². The zero-order valence-corrected chi connectivity index (χ0v) is 12.9. The van der Waals surface area contributed by atoms with Gasteiger partial charge in [0, 0.05) is 30.4 Å². The lowest BCUT2D eigenvalue weighted by molar-refractivity contribution is 0.0512. The maximum Gasteiger partial charge on any atom is 0.367 e. The summed E-state index contributed by atoms with van der Waals surface area (Å²) >= 11 is 0. The van der Waals surface area contributed by atoms with E-state index in [0.29, 0.717) is 29.2 Å². The Labute approximate surface area is 133 Å². The molecular weight excluding hydrogens is 296 g/mol. The third-order valence-electron chi connectivity index (χ3n) is 3.44. The fourth-order valence-corrected chi connectivity index (χ4v) is 2.33. The molecule has 118 valence electrons. The van der Waals surface area contributed by atoms with Crippen molar-refractivity contribution in [3.8, 4) is 11.5 Å². The maximum atomic E-state index is 12.0. The highest BCUT2D eigenvalue weighted by Crippen LogP contribution is 2.31. The molecule has 0 saturated heterocycles. The van der Waals surface area contributed by atoms with Crippen molar-refractivity contribution < 1.29 is 19.1 Å². The van der Waals surface area contributed by atoms with Gasteiger partial charge in [-0.2, -0.15) is 0 Å². The van der Waals surface area contributed by atoms with Crippen molar-refractivity contribution in [1.82, 2.24) is 4.98 Å². The Morgan fingerprint density at radius 2 is 2.26 bits per heavy atom. The molecule has 6 nitrogen and oxygen atoms in total. The topological polar surface area (TPSA) is 70.0 Å². The second kappa shape index (κ2) is 6.48. The molecule has 0 N–H and O–H groups in total. The number of aromatic nitrogens is 1. The summed E-state index contributed by atoms with van der Waals surface area (Å²) < 4.78 is 11.0. The number of carbonyl (C=O) groups excluding carboxylic acids is 1. The Morgan fingerprint density at radius 3 is 3.00 bits per heavy atom. The van der Waals surface area contributed by atoms with Gasteiger partial charge in [-0.25, -0.2) is 4.79 Å². The van der Waals surface area contributed by atoms with Crippen LogP contribution < -0.4 is 9.47 Å². The van der Waals surface area contributed by atoms with Crippen LogP contribution in [0.4, 0.5) is 0 Å². The van der Waals surface area contributed by atoms with Gasteiger partial charge in [-0.05, 0) is 31.2 Å². The van der Waals surface area contributed by atoms with E-state index in [-0.39, 0.29) is 6.10 Å². The maximum absolute atomic E-state index is 12.0. The zero-order valence-electron chi connectivity index (χ0n) is 12.9. The average molecular weight is 312 g/mol. The lowest BCUT2D eigenvalue weighted by Gasteiger charge is -2.24. The Balaban J connectivity index is 1.84. The minimum absolute atomic E-state index is 0.0644. The van der Waals surface area contributed by atoms with Gasteiger partial charge in [0.2, 0.25) is 0 Å². The number of ether oxygens (including phenoxy) is 2. The molecule has 2 aromatic rings. The molecule has 1 aliphatic rings. The molecule has 1 atom stereocenters. The number of hydrogen-bond donors (Lipinski definition) is 0. The van der Waals surface area contributed by atoms with Gasteiger partial charge in [-0.3, -0.25) is 4.98 Å². The molecule has 23 heavy (non-hydrogen) atoms. The molecule has 3 rings (SSSR count). The van der Waals surface area contributed by atoms with E-state index in [0.717, 1.165) is 5.56 Å². The molecule has 6 heteroatoms. The number of fused-ring (bicyclic) bond motifs is 1. The number of carbonyl (C=O) groups is 1. The first kappa shape index (κ1) is 15.0. The van der Waals surface area contributed by atoms with E-state index in [2.05, 4.69) is 10.1 Å². The van der Waals surface area contributed by atoms with Crippen molar-refractivity contribution in [1.29, 1.82) is 0 Å². The minimum Gasteiger partial charge on any atom is -0.497 e. The molecule has 1 aromatic carbocycles. The third kappa shape index (κ3) is 3.31. The van der Waals surface area contributed by atoms with E-state index in [1.165, 1.54) is 6.20 Å². The zero-order chi connectivity index (χ0) is 16.2. The summed E-state index contributed by atoms with van der Waals surface area (Å²) in [7, 11) is 1.60. The predicted molar refractivity (Wildman–Crippen MR) is 83.9 cm³/mol. The Bertz CT molecular complexity index is 744. The summed E-state index contributed by atoms with van der Waals surface area (Å²) in [6.07, 6.45) is 3.52. The number of methoxy groups -OCH3 is 1. The highest BCUT2D eigenvalue weighted by molar-refractivity contribution is 6.04. The van der Waals surface area contributed by atoms with E-state index in [1.54, 1.807) is 31.5 Å². The van der Waals surface area contributed by atoms with Gasteiger partial charge < -0.3 is 14.3 Å². The molecule has 0 aliphatic carbocycles. The van der Waals surface area contributed by atoms with Crippen LogP contribution in [0.1, 0.15) is 29.3 Å². The standard InChI is InChI=1S/C17H16N2O4/c1-11-8-15(14-6-5-13(21-2)9-16(14)22-11)19-23-17(20)12-4-3-7-18-10-12/h3-7,9-11H,8H2,1-2H3/b19-15+/t11-/m0/s1. The SMILES string of the molecule is COc1ccc2c(c1)O[C@@H](C)C/C2=N\OC(=O)c1cccnc1. The van der Waals surface area contributed by atoms with Gasteiger partial charge in [0.15, 0.2) is 0 Å². The summed E-state index contributed by atoms with van der Waals surface area (Å²) in [5, 5.41) is 4.03. The summed E-state index contributed by atoms with van der Waals surface area (Å²) in [5.74, 6) is 0.823. The highest BCUT2D eigenvalue weighted by atomic mass is 16.7. The number of rotatable bonds is 3. The van der Waals surface area contributed by atoms with E-state index < -0.39 is 5.97 Å². The fraction of sp³-hybridized carbons (Fsp3) is 0.235. The first-order valence-electron chi connectivity index (χ1n) is 7.20. The lowest BCUT2D eigenvalue weighted by Crippen LogP contribution is -2.25. The molecule has 0 fully saturated rings. The van der Waals surface area contributed by atoms with Crippen molar-refractivity contribution in [3.05, 3.63) is 53.9 Å². The molecule has 0 saturated carbocycles. The first-order chi connectivity index (χ1) is 11.2. The highest BCUT2D eigenvalue weighted by Gasteiger charge is 2.23. The lowest BCUT2D eigenvalue weighted by atomic mass is 10.0. The van der Waals surface area contributed by atoms with Crippen LogP contribution >= 0.6 is 0 Å². The Kier molecular flexibility index (Phi) is 4.23. The van der Waals surface area contributed by atoms with E-state index in [4.69, 9.17) is 14.3 Å². The number of nitrogens with zero attached hydrogens (tertiary/aromatic N) is 2. The minimum atomic E-state index is -0.542. The van der Waals surface area contributed by atoms with Crippen LogP contribution in [0, 0.1) is 0 Å². The molecule has 0 spiro atoms. The Morgan fingerprint density at radius 1 is 1.39 bits per heavy atom. The molecule has 2 heterocycles. The van der Waals surface area contributed by atoms with Gasteiger partial charge in [-0.1, -0.05) is 5.16 Å². The molecule has 1 aliphatic heterocycles. The van der Waals surface area contributed by atoms with Crippen LogP contribution in [0.25, 0.3) is 0 Å². The Hall–Kier alpha value is -2.89. The molecule has 0 bridgehead atoms. The van der Waals surface area contributed by atoms with Crippen molar-refractivity contribution in [2.45, 2.75) is 19.4 Å². The van der Waals surface area contributed by atoms with Crippen LogP contribution in [0.15, 0.2) is 47.9 Å².